The van der Waals surface area contributed by atoms with Crippen LogP contribution in [-0.4, -0.2) is 29.8 Å². The van der Waals surface area contributed by atoms with E-state index in [2.05, 4.69) is 15.0 Å². The lowest BCUT2D eigenvalue weighted by Crippen LogP contribution is -2.45. The molecule has 0 aliphatic rings. The van der Waals surface area contributed by atoms with Gasteiger partial charge in [-0.3, -0.25) is 4.79 Å². The summed E-state index contributed by atoms with van der Waals surface area (Å²) in [4.78, 5) is 16.1. The van der Waals surface area contributed by atoms with Crippen molar-refractivity contribution in [2.24, 2.45) is 5.73 Å². The van der Waals surface area contributed by atoms with Gasteiger partial charge in [0.15, 0.2) is 6.61 Å². The summed E-state index contributed by atoms with van der Waals surface area (Å²) in [5, 5.41) is 2.55. The molecule has 0 aliphatic heterocycles. The van der Waals surface area contributed by atoms with Crippen LogP contribution in [0.15, 0.2) is 48.7 Å². The van der Waals surface area contributed by atoms with Gasteiger partial charge in [0.25, 0.3) is 0 Å². The Kier molecular flexibility index (Phi) is 5.81. The summed E-state index contributed by atoms with van der Waals surface area (Å²) < 4.78 is 54.3. The molecule has 1 aromatic carbocycles. The number of aromatic nitrogens is 1. The third-order valence-electron chi connectivity index (χ3n) is 3.57. The molecule has 9 heteroatoms. The van der Waals surface area contributed by atoms with Gasteiger partial charge in [-0.2, -0.15) is 8.78 Å². The fraction of sp³-hybridized carbons (Fsp3) is 0.294. The molecule has 0 aliphatic carbocycles. The molecule has 1 atom stereocenters. The Morgan fingerprint density at radius 2 is 1.88 bits per heavy atom. The summed E-state index contributed by atoms with van der Waals surface area (Å²) in [6.07, 6.45) is -2.68. The van der Waals surface area contributed by atoms with Crippen LogP contribution in [0.4, 0.5) is 23.2 Å². The van der Waals surface area contributed by atoms with Gasteiger partial charge >= 0.3 is 12.3 Å². The summed E-state index contributed by atoms with van der Waals surface area (Å²) in [6.45, 7) is 0.0350. The highest BCUT2D eigenvalue weighted by Gasteiger charge is 2.41. The summed E-state index contributed by atoms with van der Waals surface area (Å²) in [5.74, 6) is -5.06. The molecule has 3 N–H and O–H groups in total. The largest absolute Gasteiger partial charge is 0.471 e. The SMILES string of the molecule is CC(N)(C(=O)Nc1ccc(OCC(F)(F)C(F)F)nc1)c1ccccc1. The van der Waals surface area contributed by atoms with E-state index in [1.54, 1.807) is 30.3 Å². The van der Waals surface area contributed by atoms with E-state index in [0.29, 0.717) is 5.56 Å². The first-order valence-corrected chi connectivity index (χ1v) is 7.53. The highest BCUT2D eigenvalue weighted by Crippen LogP contribution is 2.24. The molecule has 1 amide bonds. The van der Waals surface area contributed by atoms with Crippen molar-refractivity contribution in [3.63, 3.8) is 0 Å². The Morgan fingerprint density at radius 1 is 1.23 bits per heavy atom. The molecule has 0 saturated carbocycles. The van der Waals surface area contributed by atoms with E-state index in [9.17, 15) is 22.4 Å². The third kappa shape index (κ3) is 4.69. The van der Waals surface area contributed by atoms with Crippen LogP contribution in [0.3, 0.4) is 0 Å². The Morgan fingerprint density at radius 3 is 2.42 bits per heavy atom. The summed E-state index contributed by atoms with van der Waals surface area (Å²) >= 11 is 0. The Bertz CT molecular complexity index is 737. The predicted octanol–water partition coefficient (Wildman–Crippen LogP) is 3.17. The number of ether oxygens (including phenoxy) is 1. The first-order valence-electron chi connectivity index (χ1n) is 7.53. The lowest BCUT2D eigenvalue weighted by molar-refractivity contribution is -0.148. The van der Waals surface area contributed by atoms with E-state index < -0.39 is 30.4 Å². The zero-order valence-electron chi connectivity index (χ0n) is 13.8. The number of anilines is 1. The molecule has 0 spiro atoms. The summed E-state index contributed by atoms with van der Waals surface area (Å²) in [5.41, 5.74) is 5.60. The lowest BCUT2D eigenvalue weighted by atomic mass is 9.92. The maximum absolute atomic E-state index is 12.8. The second kappa shape index (κ2) is 7.69. The number of hydrogen-bond donors (Lipinski definition) is 2. The van der Waals surface area contributed by atoms with E-state index in [4.69, 9.17) is 5.73 Å². The minimum atomic E-state index is -4.27. The minimum Gasteiger partial charge on any atom is -0.471 e. The molecule has 0 bridgehead atoms. The normalized spacial score (nSPS) is 14.0. The molecule has 26 heavy (non-hydrogen) atoms. The van der Waals surface area contributed by atoms with Crippen molar-refractivity contribution in [1.82, 2.24) is 4.98 Å². The molecule has 0 radical (unpaired) electrons. The topological polar surface area (TPSA) is 77.2 Å². The molecule has 5 nitrogen and oxygen atoms in total. The van der Waals surface area contributed by atoms with E-state index >= 15 is 0 Å². The second-order valence-corrected chi connectivity index (χ2v) is 5.76. The van der Waals surface area contributed by atoms with Gasteiger partial charge < -0.3 is 15.8 Å². The minimum absolute atomic E-state index is 0.246. The van der Waals surface area contributed by atoms with Crippen LogP contribution >= 0.6 is 0 Å². The molecule has 2 aromatic rings. The number of amides is 1. The number of benzene rings is 1. The summed E-state index contributed by atoms with van der Waals surface area (Å²) in [6, 6.07) is 11.2. The number of carbonyl (C=O) groups excluding carboxylic acids is 1. The van der Waals surface area contributed by atoms with E-state index in [1.165, 1.54) is 19.1 Å². The van der Waals surface area contributed by atoms with E-state index in [1.807, 2.05) is 0 Å². The van der Waals surface area contributed by atoms with Crippen molar-refractivity contribution >= 4 is 11.6 Å². The zero-order valence-corrected chi connectivity index (χ0v) is 13.8. The van der Waals surface area contributed by atoms with Gasteiger partial charge in [0.1, 0.15) is 5.54 Å². The molecule has 1 unspecified atom stereocenters. The molecule has 1 aromatic heterocycles. The van der Waals surface area contributed by atoms with Crippen molar-refractivity contribution in [1.29, 1.82) is 0 Å². The van der Waals surface area contributed by atoms with Crippen molar-refractivity contribution in [3.8, 4) is 5.88 Å². The van der Waals surface area contributed by atoms with Crippen molar-refractivity contribution in [2.45, 2.75) is 24.8 Å². The molecule has 0 fully saturated rings. The predicted molar refractivity (Wildman–Crippen MR) is 87.3 cm³/mol. The fourth-order valence-electron chi connectivity index (χ4n) is 1.95. The number of nitrogens with one attached hydrogen (secondary N) is 1. The first-order chi connectivity index (χ1) is 12.1. The van der Waals surface area contributed by atoms with Crippen molar-refractivity contribution < 1.29 is 27.1 Å². The highest BCUT2D eigenvalue weighted by atomic mass is 19.3. The van der Waals surface area contributed by atoms with Crippen LogP contribution in [0.25, 0.3) is 0 Å². The van der Waals surface area contributed by atoms with Gasteiger partial charge in [-0.15, -0.1) is 0 Å². The number of rotatable bonds is 7. The standard InChI is InChI=1S/C17H17F4N3O2/c1-16(22,11-5-3-2-4-6-11)15(25)24-12-7-8-13(23-9-12)26-10-17(20,21)14(18)19/h2-9,14H,10,22H2,1H3,(H,24,25). The third-order valence-corrected chi connectivity index (χ3v) is 3.57. The average molecular weight is 371 g/mol. The monoisotopic (exact) mass is 371 g/mol. The van der Waals surface area contributed by atoms with Crippen LogP contribution in [0, 0.1) is 0 Å². The van der Waals surface area contributed by atoms with Crippen LogP contribution < -0.4 is 15.8 Å². The van der Waals surface area contributed by atoms with Crippen LogP contribution in [0.5, 0.6) is 5.88 Å². The van der Waals surface area contributed by atoms with Gasteiger partial charge in [0.05, 0.1) is 11.9 Å². The Hall–Kier alpha value is -2.68. The maximum Gasteiger partial charge on any atom is 0.340 e. The maximum atomic E-state index is 12.8. The quantitative estimate of drug-likeness (QED) is 0.733. The van der Waals surface area contributed by atoms with Crippen molar-refractivity contribution in [3.05, 3.63) is 54.2 Å². The lowest BCUT2D eigenvalue weighted by Gasteiger charge is -2.24. The van der Waals surface area contributed by atoms with Crippen LogP contribution in [0.1, 0.15) is 12.5 Å². The summed E-state index contributed by atoms with van der Waals surface area (Å²) in [7, 11) is 0. The van der Waals surface area contributed by atoms with E-state index in [-0.39, 0.29) is 11.6 Å². The number of alkyl halides is 4. The number of halogens is 4. The molecular formula is C17H17F4N3O2. The number of pyridine rings is 1. The Labute approximate surface area is 147 Å². The zero-order chi connectivity index (χ0) is 19.4. The van der Waals surface area contributed by atoms with Crippen LogP contribution in [-0.2, 0) is 10.3 Å². The average Bonchev–Trinajstić information content (AvgIpc) is 2.61. The van der Waals surface area contributed by atoms with Crippen LogP contribution in [0.2, 0.25) is 0 Å². The molecular weight excluding hydrogens is 354 g/mol. The van der Waals surface area contributed by atoms with Gasteiger partial charge in [-0.05, 0) is 18.6 Å². The molecule has 140 valence electrons. The number of hydrogen-bond acceptors (Lipinski definition) is 4. The number of nitrogens with zero attached hydrogens (tertiary/aromatic N) is 1. The number of nitrogens with two attached hydrogens (primary N) is 1. The number of carbonyl (C=O) groups is 1. The van der Waals surface area contributed by atoms with Gasteiger partial charge in [0, 0.05) is 6.07 Å². The highest BCUT2D eigenvalue weighted by molar-refractivity contribution is 5.98. The molecule has 2 rings (SSSR count). The first kappa shape index (κ1) is 19.6. The fourth-order valence-corrected chi connectivity index (χ4v) is 1.95. The van der Waals surface area contributed by atoms with E-state index in [0.717, 1.165) is 6.20 Å². The smallest absolute Gasteiger partial charge is 0.340 e. The van der Waals surface area contributed by atoms with Gasteiger partial charge in [-0.25, -0.2) is 13.8 Å². The van der Waals surface area contributed by atoms with Crippen molar-refractivity contribution in [2.75, 3.05) is 11.9 Å². The second-order valence-electron chi connectivity index (χ2n) is 5.76. The molecule has 1 heterocycles. The van der Waals surface area contributed by atoms with Gasteiger partial charge in [0.2, 0.25) is 11.8 Å². The van der Waals surface area contributed by atoms with Gasteiger partial charge in [-0.1, -0.05) is 30.3 Å². The molecule has 0 saturated heterocycles. The Balaban J connectivity index is 2.00.